The Morgan fingerprint density at radius 2 is 1.76 bits per heavy atom. The van der Waals surface area contributed by atoms with Crippen molar-refractivity contribution in [2.75, 3.05) is 31.1 Å². The minimum Gasteiger partial charge on any atom is -0.376 e. The zero-order chi connectivity index (χ0) is 30.2. The van der Waals surface area contributed by atoms with Crippen LogP contribution in [-0.2, 0) is 25.6 Å². The Bertz CT molecular complexity index is 1530. The largest absolute Gasteiger partial charge is 0.421 e. The molecule has 9 nitrogen and oxygen atoms in total. The zero-order valence-corrected chi connectivity index (χ0v) is 25.0. The summed E-state index contributed by atoms with van der Waals surface area (Å²) in [6.07, 6.45) is -2.20. The molecule has 3 aromatic rings. The molecule has 0 unspecified atom stereocenters. The Hall–Kier alpha value is -2.56. The van der Waals surface area contributed by atoms with Gasteiger partial charge in [0.05, 0.1) is 6.04 Å². The first-order valence-corrected chi connectivity index (χ1v) is 16.4. The van der Waals surface area contributed by atoms with Gasteiger partial charge in [-0.25, -0.2) is 16.8 Å². The molecule has 3 heterocycles. The molecule has 1 aliphatic rings. The number of sulfonamides is 2. The maximum atomic E-state index is 13.6. The Morgan fingerprint density at radius 3 is 2.29 bits per heavy atom. The van der Waals surface area contributed by atoms with E-state index in [-0.39, 0.29) is 40.8 Å². The van der Waals surface area contributed by atoms with E-state index in [4.69, 9.17) is 0 Å². The summed E-state index contributed by atoms with van der Waals surface area (Å²) in [6.45, 7) is 4.15. The number of benzene rings is 1. The van der Waals surface area contributed by atoms with E-state index in [0.29, 0.717) is 12.6 Å². The molecule has 2 atom stereocenters. The quantitative estimate of drug-likeness (QED) is 0.381. The van der Waals surface area contributed by atoms with Gasteiger partial charge in [0.2, 0.25) is 10.0 Å². The van der Waals surface area contributed by atoms with Crippen LogP contribution in [0.5, 0.6) is 0 Å². The number of hydrogen-bond donors (Lipinski definition) is 1. The van der Waals surface area contributed by atoms with E-state index in [0.717, 1.165) is 11.3 Å². The average Bonchev–Trinajstić information content (AvgIpc) is 3.47. The SMILES string of the molecule is CC(C)N(C[C@H]1CN(S(=O)(=O)c2cccs2)CCN1c1ccc([C@](C)(O)C(F)(F)F)cc1)S(=O)(=O)c1cccnc1. The summed E-state index contributed by atoms with van der Waals surface area (Å²) in [5.74, 6) is 0. The number of aliphatic hydroxyl groups is 1. The fourth-order valence-corrected chi connectivity index (χ4v) is 8.90. The van der Waals surface area contributed by atoms with Crippen LogP contribution in [0.2, 0.25) is 0 Å². The van der Waals surface area contributed by atoms with E-state index >= 15 is 0 Å². The molecule has 0 saturated carbocycles. The number of aromatic nitrogens is 1. The van der Waals surface area contributed by atoms with Crippen LogP contribution >= 0.6 is 11.3 Å². The second kappa shape index (κ2) is 11.6. The van der Waals surface area contributed by atoms with Gasteiger partial charge in [-0.15, -0.1) is 11.3 Å². The van der Waals surface area contributed by atoms with Gasteiger partial charge in [0, 0.05) is 50.3 Å². The number of pyridine rings is 1. The Labute approximate surface area is 242 Å². The second-order valence-electron chi connectivity index (χ2n) is 10.1. The summed E-state index contributed by atoms with van der Waals surface area (Å²) >= 11 is 1.08. The molecule has 15 heteroatoms. The molecule has 1 aliphatic heterocycles. The molecule has 0 spiro atoms. The minimum atomic E-state index is -4.89. The predicted molar refractivity (Wildman–Crippen MR) is 150 cm³/mol. The molecule has 4 rings (SSSR count). The lowest BCUT2D eigenvalue weighted by Crippen LogP contribution is -2.59. The number of rotatable bonds is 9. The van der Waals surface area contributed by atoms with Crippen molar-refractivity contribution < 1.29 is 35.1 Å². The highest BCUT2D eigenvalue weighted by atomic mass is 32.2. The van der Waals surface area contributed by atoms with Gasteiger partial charge in [-0.1, -0.05) is 18.2 Å². The highest BCUT2D eigenvalue weighted by Gasteiger charge is 2.51. The first-order chi connectivity index (χ1) is 19.1. The van der Waals surface area contributed by atoms with Crippen LogP contribution in [0.3, 0.4) is 0 Å². The fourth-order valence-electron chi connectivity index (χ4n) is 4.65. The van der Waals surface area contributed by atoms with Gasteiger partial charge in [0.1, 0.15) is 9.10 Å². The first kappa shape index (κ1) is 31.4. The summed E-state index contributed by atoms with van der Waals surface area (Å²) in [4.78, 5) is 5.69. The van der Waals surface area contributed by atoms with Crippen molar-refractivity contribution in [1.82, 2.24) is 13.6 Å². The summed E-state index contributed by atoms with van der Waals surface area (Å²) in [7, 11) is -7.88. The fraction of sp³-hybridized carbons (Fsp3) is 0.423. The third kappa shape index (κ3) is 6.29. The lowest BCUT2D eigenvalue weighted by atomic mass is 9.95. The van der Waals surface area contributed by atoms with Crippen molar-refractivity contribution in [3.05, 3.63) is 71.9 Å². The number of halogens is 3. The topological polar surface area (TPSA) is 111 Å². The van der Waals surface area contributed by atoms with Gasteiger partial charge in [-0.05, 0) is 62.0 Å². The monoisotopic (exact) mass is 632 g/mol. The number of piperazine rings is 1. The van der Waals surface area contributed by atoms with Crippen molar-refractivity contribution in [2.24, 2.45) is 0 Å². The van der Waals surface area contributed by atoms with Gasteiger partial charge in [-0.2, -0.15) is 21.8 Å². The third-order valence-electron chi connectivity index (χ3n) is 7.06. The smallest absolute Gasteiger partial charge is 0.376 e. The minimum absolute atomic E-state index is 0.0159. The lowest BCUT2D eigenvalue weighted by molar-refractivity contribution is -0.258. The Kier molecular flexibility index (Phi) is 8.88. The Balaban J connectivity index is 1.71. The molecule has 0 bridgehead atoms. The number of nitrogens with zero attached hydrogens (tertiary/aromatic N) is 4. The van der Waals surface area contributed by atoms with Crippen LogP contribution < -0.4 is 4.90 Å². The lowest BCUT2D eigenvalue weighted by Gasteiger charge is -2.44. The van der Waals surface area contributed by atoms with Gasteiger partial charge >= 0.3 is 6.18 Å². The van der Waals surface area contributed by atoms with Gasteiger partial charge in [0.15, 0.2) is 5.60 Å². The number of alkyl halides is 3. The molecule has 0 radical (unpaired) electrons. The molecule has 1 fully saturated rings. The number of anilines is 1. The molecule has 41 heavy (non-hydrogen) atoms. The highest BCUT2D eigenvalue weighted by molar-refractivity contribution is 7.91. The van der Waals surface area contributed by atoms with Crippen LogP contribution in [0.1, 0.15) is 26.3 Å². The molecule has 2 aromatic heterocycles. The molecule has 1 saturated heterocycles. The van der Waals surface area contributed by atoms with Crippen LogP contribution in [0.4, 0.5) is 18.9 Å². The van der Waals surface area contributed by atoms with Gasteiger partial charge < -0.3 is 10.0 Å². The number of hydrogen-bond acceptors (Lipinski definition) is 8. The van der Waals surface area contributed by atoms with Crippen molar-refractivity contribution in [1.29, 1.82) is 0 Å². The van der Waals surface area contributed by atoms with Crippen molar-refractivity contribution >= 4 is 37.1 Å². The van der Waals surface area contributed by atoms with Gasteiger partial charge in [-0.3, -0.25) is 4.98 Å². The first-order valence-electron chi connectivity index (χ1n) is 12.7. The molecular formula is C26H31F3N4O5S3. The average molecular weight is 633 g/mol. The zero-order valence-electron chi connectivity index (χ0n) is 22.6. The van der Waals surface area contributed by atoms with Gasteiger partial charge in [0.25, 0.3) is 10.0 Å². The summed E-state index contributed by atoms with van der Waals surface area (Å²) in [5.41, 5.74) is -2.95. The summed E-state index contributed by atoms with van der Waals surface area (Å²) in [6, 6.07) is 10.0. The van der Waals surface area contributed by atoms with E-state index in [9.17, 15) is 35.1 Å². The molecule has 1 aromatic carbocycles. The molecule has 0 amide bonds. The molecular weight excluding hydrogens is 602 g/mol. The summed E-state index contributed by atoms with van der Waals surface area (Å²) < 4.78 is 96.9. The third-order valence-corrected chi connectivity index (χ3v) is 12.3. The van der Waals surface area contributed by atoms with Crippen molar-refractivity contribution in [3.8, 4) is 0 Å². The van der Waals surface area contributed by atoms with E-state index in [1.807, 2.05) is 0 Å². The van der Waals surface area contributed by atoms with Crippen LogP contribution in [-0.4, -0.2) is 80.0 Å². The number of thiophene rings is 1. The van der Waals surface area contributed by atoms with E-state index in [1.165, 1.54) is 63.5 Å². The Morgan fingerprint density at radius 1 is 1.07 bits per heavy atom. The van der Waals surface area contributed by atoms with E-state index in [2.05, 4.69) is 4.98 Å². The summed E-state index contributed by atoms with van der Waals surface area (Å²) in [5, 5.41) is 11.7. The second-order valence-corrected chi connectivity index (χ2v) is 15.1. The van der Waals surface area contributed by atoms with Crippen LogP contribution in [0.15, 0.2) is 75.4 Å². The standard InChI is InChI=1S/C26H31F3N4O5S3/c1-19(2)33(40(35,36)23-6-4-12-30-16-23)18-22-17-31(41(37,38)24-7-5-15-39-24)13-14-32(22)21-10-8-20(9-11-21)25(3,34)26(27,28)29/h4-12,15-16,19,22,34H,13-14,17-18H2,1-3H3/t22-,25+/m1/s1. The maximum absolute atomic E-state index is 13.6. The molecule has 224 valence electrons. The highest BCUT2D eigenvalue weighted by Crippen LogP contribution is 2.39. The van der Waals surface area contributed by atoms with Crippen LogP contribution in [0, 0.1) is 0 Å². The van der Waals surface area contributed by atoms with Crippen LogP contribution in [0.25, 0.3) is 0 Å². The maximum Gasteiger partial charge on any atom is 0.421 e. The van der Waals surface area contributed by atoms with Crippen molar-refractivity contribution in [2.45, 2.75) is 53.7 Å². The predicted octanol–water partition coefficient (Wildman–Crippen LogP) is 3.89. The van der Waals surface area contributed by atoms with E-state index < -0.39 is 43.9 Å². The van der Waals surface area contributed by atoms with E-state index in [1.54, 1.807) is 30.2 Å². The molecule has 1 N–H and O–H groups in total. The van der Waals surface area contributed by atoms with Crippen molar-refractivity contribution in [3.63, 3.8) is 0 Å². The molecule has 0 aliphatic carbocycles. The normalized spacial score (nSPS) is 19.0.